The topological polar surface area (TPSA) is 78.6 Å². The first-order valence-corrected chi connectivity index (χ1v) is 8.25. The van der Waals surface area contributed by atoms with Gasteiger partial charge in [-0.2, -0.15) is 13.2 Å². The normalized spacial score (nSPS) is 18.2. The Kier molecular flexibility index (Phi) is 3.15. The summed E-state index contributed by atoms with van der Waals surface area (Å²) in [5.74, 6) is 0.130. The number of nitrogens with one attached hydrogen (secondary N) is 2. The molecule has 0 spiro atoms. The second-order valence-electron chi connectivity index (χ2n) is 6.15. The third-order valence-corrected chi connectivity index (χ3v) is 5.49. The summed E-state index contributed by atoms with van der Waals surface area (Å²) in [4.78, 5) is 32.4. The number of thiophene rings is 1. The van der Waals surface area contributed by atoms with E-state index in [1.54, 1.807) is 0 Å². The van der Waals surface area contributed by atoms with Crippen LogP contribution >= 0.6 is 11.3 Å². The van der Waals surface area contributed by atoms with E-state index in [9.17, 15) is 22.8 Å². The van der Waals surface area contributed by atoms with Gasteiger partial charge in [0.15, 0.2) is 0 Å². The monoisotopic (exact) mass is 355 g/mol. The molecule has 2 N–H and O–H groups in total. The van der Waals surface area contributed by atoms with E-state index in [-0.39, 0.29) is 38.3 Å². The fourth-order valence-electron chi connectivity index (χ4n) is 3.37. The van der Waals surface area contributed by atoms with Crippen molar-refractivity contribution in [2.75, 3.05) is 0 Å². The molecule has 0 aliphatic heterocycles. The first-order valence-electron chi connectivity index (χ1n) is 7.43. The first kappa shape index (κ1) is 15.4. The molecule has 126 valence electrons. The Morgan fingerprint density at radius 2 is 2.00 bits per heavy atom. The van der Waals surface area contributed by atoms with Gasteiger partial charge in [-0.3, -0.25) is 9.78 Å². The van der Waals surface area contributed by atoms with Crippen molar-refractivity contribution in [3.05, 3.63) is 37.7 Å². The number of hydrogen-bond donors (Lipinski definition) is 2. The highest BCUT2D eigenvalue weighted by atomic mass is 32.1. The molecule has 24 heavy (non-hydrogen) atoms. The van der Waals surface area contributed by atoms with E-state index in [2.05, 4.69) is 9.97 Å². The highest BCUT2D eigenvalue weighted by Crippen LogP contribution is 2.44. The van der Waals surface area contributed by atoms with E-state index in [1.165, 1.54) is 0 Å². The van der Waals surface area contributed by atoms with Crippen LogP contribution in [-0.2, 0) is 19.0 Å². The van der Waals surface area contributed by atoms with Crippen LogP contribution in [0, 0.1) is 5.92 Å². The number of fused-ring (bicyclic) bond motifs is 4. The molecule has 9 heteroatoms. The summed E-state index contributed by atoms with van der Waals surface area (Å²) in [6.45, 7) is 1.91. The van der Waals surface area contributed by atoms with Crippen molar-refractivity contribution in [2.45, 2.75) is 32.4 Å². The van der Waals surface area contributed by atoms with Gasteiger partial charge in [-0.15, -0.1) is 11.3 Å². The molecule has 1 aliphatic rings. The maximum Gasteiger partial charge on any atom is 0.417 e. The van der Waals surface area contributed by atoms with Gasteiger partial charge in [-0.1, -0.05) is 6.92 Å². The lowest BCUT2D eigenvalue weighted by Gasteiger charge is -2.24. The highest BCUT2D eigenvalue weighted by Gasteiger charge is 2.40. The molecule has 0 saturated carbocycles. The predicted molar refractivity (Wildman–Crippen MR) is 84.6 cm³/mol. The number of alkyl halides is 3. The number of hydrogen-bond acceptors (Lipinski definition) is 4. The maximum absolute atomic E-state index is 13.8. The Morgan fingerprint density at radius 1 is 1.25 bits per heavy atom. The highest BCUT2D eigenvalue weighted by molar-refractivity contribution is 7.25. The van der Waals surface area contributed by atoms with Gasteiger partial charge in [-0.05, 0) is 30.7 Å². The lowest BCUT2D eigenvalue weighted by molar-refractivity contribution is -0.137. The average molecular weight is 355 g/mol. The van der Waals surface area contributed by atoms with Gasteiger partial charge in [0.2, 0.25) is 0 Å². The largest absolute Gasteiger partial charge is 0.417 e. The molecule has 3 aromatic rings. The summed E-state index contributed by atoms with van der Waals surface area (Å²) < 4.78 is 41.6. The SMILES string of the molecule is CC1CCc2nc3sc4c(=O)[nH]c(=O)[nH]c4c3c(C(F)(F)F)c2C1. The average Bonchev–Trinajstić information content (AvgIpc) is 2.82. The molecule has 1 atom stereocenters. The Hall–Kier alpha value is -2.16. The zero-order valence-electron chi connectivity index (χ0n) is 12.5. The summed E-state index contributed by atoms with van der Waals surface area (Å²) in [5.41, 5.74) is -1.73. The van der Waals surface area contributed by atoms with E-state index in [0.29, 0.717) is 12.1 Å². The minimum absolute atomic E-state index is 0.0537. The molecule has 0 bridgehead atoms. The van der Waals surface area contributed by atoms with Crippen molar-refractivity contribution in [3.63, 3.8) is 0 Å². The van der Waals surface area contributed by atoms with Crippen LogP contribution in [0.1, 0.15) is 30.2 Å². The van der Waals surface area contributed by atoms with E-state index in [1.807, 2.05) is 11.9 Å². The number of aryl methyl sites for hydroxylation is 1. The van der Waals surface area contributed by atoms with Crippen molar-refractivity contribution in [2.24, 2.45) is 5.92 Å². The van der Waals surface area contributed by atoms with Crippen molar-refractivity contribution < 1.29 is 13.2 Å². The number of aromatic amines is 2. The van der Waals surface area contributed by atoms with Crippen molar-refractivity contribution >= 4 is 31.8 Å². The molecule has 0 aromatic carbocycles. The summed E-state index contributed by atoms with van der Waals surface area (Å²) in [6.07, 6.45) is -3.03. The Balaban J connectivity index is 2.25. The van der Waals surface area contributed by atoms with Crippen LogP contribution in [0.5, 0.6) is 0 Å². The standard InChI is InChI=1S/C15H12F3N3O2S/c1-5-2-3-7-6(4-5)9(15(16,17)18)8-10-11(24-13(8)19-7)12(22)21-14(23)20-10/h5H,2-4H2,1H3,(H2,20,21,22,23). The minimum atomic E-state index is -4.59. The number of rotatable bonds is 0. The molecular weight excluding hydrogens is 343 g/mol. The molecule has 0 fully saturated rings. The summed E-state index contributed by atoms with van der Waals surface area (Å²) >= 11 is 0.876. The number of halogens is 3. The van der Waals surface area contributed by atoms with Crippen LogP contribution < -0.4 is 11.2 Å². The van der Waals surface area contributed by atoms with Gasteiger partial charge in [-0.25, -0.2) is 9.78 Å². The molecule has 0 radical (unpaired) electrons. The minimum Gasteiger partial charge on any atom is -0.305 e. The summed E-state index contributed by atoms with van der Waals surface area (Å²) in [5, 5.41) is -0.168. The summed E-state index contributed by atoms with van der Waals surface area (Å²) in [7, 11) is 0. The molecule has 0 saturated heterocycles. The van der Waals surface area contributed by atoms with Gasteiger partial charge in [0.25, 0.3) is 5.56 Å². The fraction of sp³-hybridized carbons (Fsp3) is 0.400. The van der Waals surface area contributed by atoms with Crippen molar-refractivity contribution in [3.8, 4) is 0 Å². The van der Waals surface area contributed by atoms with Crippen LogP contribution in [0.25, 0.3) is 20.4 Å². The van der Waals surface area contributed by atoms with Crippen molar-refractivity contribution in [1.29, 1.82) is 0 Å². The summed E-state index contributed by atoms with van der Waals surface area (Å²) in [6, 6.07) is 0. The lowest BCUT2D eigenvalue weighted by Crippen LogP contribution is -2.22. The van der Waals surface area contributed by atoms with Crippen LogP contribution in [-0.4, -0.2) is 15.0 Å². The molecule has 5 nitrogen and oxygen atoms in total. The quantitative estimate of drug-likeness (QED) is 0.651. The zero-order chi connectivity index (χ0) is 17.2. The third kappa shape index (κ3) is 2.18. The smallest absolute Gasteiger partial charge is 0.305 e. The zero-order valence-corrected chi connectivity index (χ0v) is 13.3. The van der Waals surface area contributed by atoms with E-state index < -0.39 is 23.0 Å². The van der Waals surface area contributed by atoms with Crippen LogP contribution in [0.4, 0.5) is 13.2 Å². The lowest BCUT2D eigenvalue weighted by atomic mass is 9.84. The van der Waals surface area contributed by atoms with Crippen molar-refractivity contribution in [1.82, 2.24) is 15.0 Å². The van der Waals surface area contributed by atoms with Crippen LogP contribution in [0.3, 0.4) is 0 Å². The van der Waals surface area contributed by atoms with Gasteiger partial charge in [0.1, 0.15) is 9.53 Å². The molecule has 0 amide bonds. The molecule has 4 rings (SSSR count). The van der Waals surface area contributed by atoms with Crippen LogP contribution in [0.15, 0.2) is 9.59 Å². The van der Waals surface area contributed by atoms with Gasteiger partial charge >= 0.3 is 11.9 Å². The number of aromatic nitrogens is 3. The molecule has 1 unspecified atom stereocenters. The number of H-pyrrole nitrogens is 2. The second-order valence-corrected chi connectivity index (χ2v) is 7.15. The number of pyridine rings is 1. The second kappa shape index (κ2) is 4.92. The molecule has 1 aliphatic carbocycles. The fourth-order valence-corrected chi connectivity index (χ4v) is 4.43. The first-order chi connectivity index (χ1) is 11.3. The Morgan fingerprint density at radius 3 is 2.71 bits per heavy atom. The van der Waals surface area contributed by atoms with Gasteiger partial charge < -0.3 is 4.98 Å². The van der Waals surface area contributed by atoms with Gasteiger partial charge in [0.05, 0.1) is 11.1 Å². The maximum atomic E-state index is 13.8. The van der Waals surface area contributed by atoms with Gasteiger partial charge in [0, 0.05) is 11.1 Å². The van der Waals surface area contributed by atoms with E-state index in [0.717, 1.165) is 17.8 Å². The molecular formula is C15H12F3N3O2S. The predicted octanol–water partition coefficient (Wildman–Crippen LogP) is 2.97. The van der Waals surface area contributed by atoms with E-state index >= 15 is 0 Å². The Labute approximate surface area is 136 Å². The molecule has 3 heterocycles. The Bertz CT molecular complexity index is 1090. The third-order valence-electron chi connectivity index (χ3n) is 4.41. The number of nitrogens with zero attached hydrogens (tertiary/aromatic N) is 1. The molecule has 3 aromatic heterocycles. The van der Waals surface area contributed by atoms with Crippen LogP contribution in [0.2, 0.25) is 0 Å². The van der Waals surface area contributed by atoms with E-state index in [4.69, 9.17) is 0 Å².